The van der Waals surface area contributed by atoms with Crippen molar-refractivity contribution in [3.8, 4) is 0 Å². The number of sulfonamides is 1. The molecule has 0 saturated heterocycles. The van der Waals surface area contributed by atoms with Gasteiger partial charge in [-0.2, -0.15) is 5.10 Å². The second kappa shape index (κ2) is 7.18. The summed E-state index contributed by atoms with van der Waals surface area (Å²) in [4.78, 5) is 0.828. The molecular formula is C14H15BrN6O2S2. The van der Waals surface area contributed by atoms with Gasteiger partial charge >= 0.3 is 0 Å². The lowest BCUT2D eigenvalue weighted by Gasteiger charge is -2.11. The SMILES string of the molecule is CCn1cc(S(=O)(=O)Nc2cc(Br)ccc2Sc2nncn2C)cn1. The molecule has 0 spiro atoms. The van der Waals surface area contributed by atoms with Crippen molar-refractivity contribution < 1.29 is 8.42 Å². The number of aromatic nitrogens is 5. The van der Waals surface area contributed by atoms with E-state index >= 15 is 0 Å². The van der Waals surface area contributed by atoms with E-state index in [0.29, 0.717) is 22.3 Å². The van der Waals surface area contributed by atoms with E-state index < -0.39 is 10.0 Å². The fraction of sp³-hybridized carbons (Fsp3) is 0.214. The molecule has 2 heterocycles. The summed E-state index contributed by atoms with van der Waals surface area (Å²) in [5.74, 6) is 0. The number of aryl methyl sites for hydroxylation is 2. The maximum absolute atomic E-state index is 12.6. The minimum atomic E-state index is -3.74. The molecule has 0 atom stereocenters. The molecular weight excluding hydrogens is 428 g/mol. The van der Waals surface area contributed by atoms with Gasteiger partial charge in [0.1, 0.15) is 11.2 Å². The molecule has 132 valence electrons. The molecule has 25 heavy (non-hydrogen) atoms. The number of anilines is 1. The highest BCUT2D eigenvalue weighted by Gasteiger charge is 2.19. The number of hydrogen-bond donors (Lipinski definition) is 1. The molecule has 0 bridgehead atoms. The Balaban J connectivity index is 1.93. The van der Waals surface area contributed by atoms with E-state index in [1.165, 1.54) is 24.2 Å². The molecule has 0 amide bonds. The third-order valence-corrected chi connectivity index (χ3v) is 6.24. The summed E-state index contributed by atoms with van der Waals surface area (Å²) in [6.07, 6.45) is 4.42. The lowest BCUT2D eigenvalue weighted by atomic mass is 10.3. The van der Waals surface area contributed by atoms with Crippen molar-refractivity contribution in [3.63, 3.8) is 0 Å². The van der Waals surface area contributed by atoms with E-state index in [1.807, 2.05) is 26.1 Å². The molecule has 3 rings (SSSR count). The van der Waals surface area contributed by atoms with Crippen LogP contribution in [0.1, 0.15) is 6.92 Å². The first kappa shape index (κ1) is 18.0. The van der Waals surface area contributed by atoms with E-state index in [4.69, 9.17) is 0 Å². The molecule has 2 aromatic heterocycles. The summed E-state index contributed by atoms with van der Waals surface area (Å²) < 4.78 is 32.0. The highest BCUT2D eigenvalue weighted by molar-refractivity contribution is 9.10. The molecule has 11 heteroatoms. The van der Waals surface area contributed by atoms with Crippen molar-refractivity contribution >= 4 is 43.4 Å². The quantitative estimate of drug-likeness (QED) is 0.630. The zero-order valence-corrected chi connectivity index (χ0v) is 16.6. The Morgan fingerprint density at radius 1 is 1.36 bits per heavy atom. The van der Waals surface area contributed by atoms with Gasteiger partial charge in [0.25, 0.3) is 10.0 Å². The minimum Gasteiger partial charge on any atom is -0.311 e. The summed E-state index contributed by atoms with van der Waals surface area (Å²) >= 11 is 4.70. The van der Waals surface area contributed by atoms with Crippen molar-refractivity contribution in [1.29, 1.82) is 0 Å². The number of hydrogen-bond acceptors (Lipinski definition) is 6. The lowest BCUT2D eigenvalue weighted by molar-refractivity contribution is 0.600. The van der Waals surface area contributed by atoms with Gasteiger partial charge in [-0.15, -0.1) is 10.2 Å². The minimum absolute atomic E-state index is 0.115. The largest absolute Gasteiger partial charge is 0.311 e. The second-order valence-electron chi connectivity index (χ2n) is 5.10. The topological polar surface area (TPSA) is 94.7 Å². The van der Waals surface area contributed by atoms with E-state index in [2.05, 4.69) is 35.9 Å². The number of benzene rings is 1. The molecule has 1 aromatic carbocycles. The average molecular weight is 443 g/mol. The van der Waals surface area contributed by atoms with Crippen molar-refractivity contribution in [1.82, 2.24) is 24.5 Å². The van der Waals surface area contributed by atoms with Crippen LogP contribution in [0, 0.1) is 0 Å². The first-order valence-corrected chi connectivity index (χ1v) is 10.3. The zero-order chi connectivity index (χ0) is 18.0. The van der Waals surface area contributed by atoms with Crippen LogP contribution in [0.2, 0.25) is 0 Å². The molecule has 8 nitrogen and oxygen atoms in total. The van der Waals surface area contributed by atoms with Crippen LogP contribution in [0.5, 0.6) is 0 Å². The van der Waals surface area contributed by atoms with E-state index in [9.17, 15) is 8.42 Å². The Kier molecular flexibility index (Phi) is 5.16. The predicted molar refractivity (Wildman–Crippen MR) is 98.0 cm³/mol. The second-order valence-corrected chi connectivity index (χ2v) is 8.71. The van der Waals surface area contributed by atoms with Crippen LogP contribution >= 0.6 is 27.7 Å². The number of halogens is 1. The lowest BCUT2D eigenvalue weighted by Crippen LogP contribution is -2.13. The normalized spacial score (nSPS) is 11.6. The maximum Gasteiger partial charge on any atom is 0.265 e. The van der Waals surface area contributed by atoms with E-state index in [-0.39, 0.29) is 4.90 Å². The van der Waals surface area contributed by atoms with Crippen LogP contribution in [-0.2, 0) is 23.6 Å². The van der Waals surface area contributed by atoms with Crippen LogP contribution in [0.25, 0.3) is 0 Å². The molecule has 0 fully saturated rings. The van der Waals surface area contributed by atoms with E-state index in [0.717, 1.165) is 4.47 Å². The molecule has 0 aliphatic rings. The molecule has 3 aromatic rings. The summed E-state index contributed by atoms with van der Waals surface area (Å²) in [5, 5.41) is 12.5. The molecule has 0 aliphatic heterocycles. The Hall–Kier alpha value is -1.85. The summed E-state index contributed by atoms with van der Waals surface area (Å²) in [7, 11) is -1.92. The van der Waals surface area contributed by atoms with Crippen LogP contribution in [0.3, 0.4) is 0 Å². The van der Waals surface area contributed by atoms with Crippen molar-refractivity contribution in [2.45, 2.75) is 28.4 Å². The third kappa shape index (κ3) is 4.05. The van der Waals surface area contributed by atoms with Gasteiger partial charge in [-0.25, -0.2) is 8.42 Å². The van der Waals surface area contributed by atoms with Crippen molar-refractivity contribution in [3.05, 3.63) is 41.4 Å². The smallest absolute Gasteiger partial charge is 0.265 e. The number of nitrogens with one attached hydrogen (secondary N) is 1. The Labute approximate surface area is 157 Å². The highest BCUT2D eigenvalue weighted by atomic mass is 79.9. The molecule has 0 aliphatic carbocycles. The Morgan fingerprint density at radius 2 is 2.16 bits per heavy atom. The van der Waals surface area contributed by atoms with Gasteiger partial charge in [-0.3, -0.25) is 9.40 Å². The van der Waals surface area contributed by atoms with Gasteiger partial charge in [-0.1, -0.05) is 15.9 Å². The van der Waals surface area contributed by atoms with Crippen LogP contribution < -0.4 is 4.72 Å². The Bertz CT molecular complexity index is 998. The van der Waals surface area contributed by atoms with Crippen LogP contribution in [-0.4, -0.2) is 33.0 Å². The predicted octanol–water partition coefficient (Wildman–Crippen LogP) is 2.75. The monoisotopic (exact) mass is 442 g/mol. The van der Waals surface area contributed by atoms with Crippen molar-refractivity contribution in [2.24, 2.45) is 7.05 Å². The number of nitrogens with zero attached hydrogens (tertiary/aromatic N) is 5. The summed E-state index contributed by atoms with van der Waals surface area (Å²) in [6, 6.07) is 5.36. The molecule has 0 radical (unpaired) electrons. The van der Waals surface area contributed by atoms with Crippen LogP contribution in [0.15, 0.2) is 56.3 Å². The molecule has 0 unspecified atom stereocenters. The third-order valence-electron chi connectivity index (χ3n) is 3.30. The highest BCUT2D eigenvalue weighted by Crippen LogP contribution is 2.35. The number of rotatable bonds is 6. The molecule has 1 N–H and O–H groups in total. The first-order chi connectivity index (χ1) is 11.9. The van der Waals surface area contributed by atoms with Gasteiger partial charge in [-0.05, 0) is 36.9 Å². The fourth-order valence-electron chi connectivity index (χ4n) is 1.99. The van der Waals surface area contributed by atoms with E-state index in [1.54, 1.807) is 21.6 Å². The van der Waals surface area contributed by atoms with Gasteiger partial charge in [0.2, 0.25) is 0 Å². The van der Waals surface area contributed by atoms with Gasteiger partial charge < -0.3 is 4.57 Å². The van der Waals surface area contributed by atoms with Gasteiger partial charge in [0, 0.05) is 29.2 Å². The summed E-state index contributed by atoms with van der Waals surface area (Å²) in [5.41, 5.74) is 0.451. The fourth-order valence-corrected chi connectivity index (χ4v) is 4.27. The zero-order valence-electron chi connectivity index (χ0n) is 13.4. The van der Waals surface area contributed by atoms with Crippen LogP contribution in [0.4, 0.5) is 5.69 Å². The Morgan fingerprint density at radius 3 is 2.80 bits per heavy atom. The average Bonchev–Trinajstić information content (AvgIpc) is 3.19. The van der Waals surface area contributed by atoms with Gasteiger partial charge in [0.15, 0.2) is 5.16 Å². The van der Waals surface area contributed by atoms with Crippen molar-refractivity contribution in [2.75, 3.05) is 4.72 Å². The van der Waals surface area contributed by atoms with Gasteiger partial charge in [0.05, 0.1) is 11.9 Å². The maximum atomic E-state index is 12.6. The summed E-state index contributed by atoms with van der Waals surface area (Å²) in [6.45, 7) is 2.49. The standard InChI is InChI=1S/C14H15BrN6O2S2/c1-3-21-8-11(7-17-21)25(22,23)19-12-6-10(15)4-5-13(12)24-14-18-16-9-20(14)2/h4-9,19H,3H2,1-2H3. The molecule has 0 saturated carbocycles. The first-order valence-electron chi connectivity index (χ1n) is 7.25.